The van der Waals surface area contributed by atoms with Gasteiger partial charge in [0, 0.05) is 12.8 Å². The molecule has 0 N–H and O–H groups in total. The third-order valence-electron chi connectivity index (χ3n) is 16.6. The topological polar surface area (TPSA) is 111 Å². The molecule has 0 rings (SSSR count). The molecule has 0 amide bonds. The van der Waals surface area contributed by atoms with Gasteiger partial charge in [0.05, 0.1) is 27.7 Å². The van der Waals surface area contributed by atoms with E-state index in [1.165, 1.54) is 263 Å². The number of phosphoric acid groups is 1. The quantitative estimate of drug-likeness (QED) is 0.0195. The second kappa shape index (κ2) is 66.4. The van der Waals surface area contributed by atoms with Crippen LogP contribution in [0, 0.1) is 0 Å². The highest BCUT2D eigenvalue weighted by atomic mass is 31.2. The van der Waals surface area contributed by atoms with E-state index in [0.717, 1.165) is 70.6 Å². The average molecular weight is 1220 g/mol. The molecule has 0 radical (unpaired) electrons. The number of carbonyl (C=O) groups excluding carboxylic acids is 2. The zero-order chi connectivity index (χ0) is 61.9. The molecule has 85 heavy (non-hydrogen) atoms. The van der Waals surface area contributed by atoms with Crippen molar-refractivity contribution in [2.45, 2.75) is 373 Å². The second-order valence-corrected chi connectivity index (χ2v) is 27.7. The van der Waals surface area contributed by atoms with Gasteiger partial charge >= 0.3 is 11.9 Å². The summed E-state index contributed by atoms with van der Waals surface area (Å²) in [6, 6.07) is 0. The van der Waals surface area contributed by atoms with Crippen molar-refractivity contribution in [2.24, 2.45) is 0 Å². The molecule has 0 bridgehead atoms. The van der Waals surface area contributed by atoms with Gasteiger partial charge in [0.15, 0.2) is 6.10 Å². The van der Waals surface area contributed by atoms with E-state index in [2.05, 4.69) is 62.5 Å². The minimum atomic E-state index is -4.64. The molecule has 0 heterocycles. The maximum absolute atomic E-state index is 12.8. The highest BCUT2D eigenvalue weighted by Gasteiger charge is 2.22. The van der Waals surface area contributed by atoms with Crippen LogP contribution in [0.2, 0.25) is 0 Å². The number of phosphoric ester groups is 1. The summed E-state index contributed by atoms with van der Waals surface area (Å²) in [4.78, 5) is 38.0. The zero-order valence-corrected chi connectivity index (χ0v) is 58.0. The van der Waals surface area contributed by atoms with Crippen LogP contribution in [0.5, 0.6) is 0 Å². The lowest BCUT2D eigenvalue weighted by Crippen LogP contribution is -2.37. The number of allylic oxidation sites excluding steroid dienone is 8. The summed E-state index contributed by atoms with van der Waals surface area (Å²) in [6.07, 6.45) is 86.6. The Morgan fingerprint density at radius 1 is 0.376 bits per heavy atom. The van der Waals surface area contributed by atoms with Crippen molar-refractivity contribution in [3.8, 4) is 0 Å². The molecule has 0 aromatic carbocycles. The van der Waals surface area contributed by atoms with Gasteiger partial charge in [-0.25, -0.2) is 0 Å². The molecule has 2 unspecified atom stereocenters. The van der Waals surface area contributed by atoms with Crippen molar-refractivity contribution >= 4 is 19.8 Å². The Bertz CT molecular complexity index is 1570. The Balaban J connectivity index is 3.87. The predicted molar refractivity (Wildman–Crippen MR) is 365 cm³/mol. The third-order valence-corrected chi connectivity index (χ3v) is 17.6. The number of esters is 2. The highest BCUT2D eigenvalue weighted by Crippen LogP contribution is 2.38. The second-order valence-electron chi connectivity index (χ2n) is 26.3. The van der Waals surface area contributed by atoms with Gasteiger partial charge in [0.2, 0.25) is 0 Å². The number of hydrogen-bond donors (Lipinski definition) is 0. The maximum Gasteiger partial charge on any atom is 0.306 e. The van der Waals surface area contributed by atoms with Crippen molar-refractivity contribution in [1.82, 2.24) is 0 Å². The number of carbonyl (C=O) groups is 2. The molecule has 0 saturated heterocycles. The molecule has 0 aromatic heterocycles. The fourth-order valence-corrected chi connectivity index (χ4v) is 11.7. The van der Waals surface area contributed by atoms with Crippen molar-refractivity contribution < 1.29 is 42.1 Å². The minimum Gasteiger partial charge on any atom is -0.756 e. The van der Waals surface area contributed by atoms with Crippen LogP contribution in [0.25, 0.3) is 0 Å². The molecule has 0 aliphatic heterocycles. The van der Waals surface area contributed by atoms with Crippen molar-refractivity contribution in [3.63, 3.8) is 0 Å². The number of likely N-dealkylation sites (N-methyl/N-ethyl adjacent to an activating group) is 1. The summed E-state index contributed by atoms with van der Waals surface area (Å²) in [6.45, 7) is 4.17. The average Bonchev–Trinajstić information content (AvgIpc) is 3.49. The van der Waals surface area contributed by atoms with E-state index in [-0.39, 0.29) is 32.0 Å². The Morgan fingerprint density at radius 2 is 0.671 bits per heavy atom. The van der Waals surface area contributed by atoms with Crippen LogP contribution in [0.15, 0.2) is 48.6 Å². The first kappa shape index (κ1) is 83.0. The van der Waals surface area contributed by atoms with E-state index in [0.29, 0.717) is 17.4 Å². The Hall–Kier alpha value is -2.03. The van der Waals surface area contributed by atoms with E-state index >= 15 is 0 Å². The van der Waals surface area contributed by atoms with Gasteiger partial charge in [0.1, 0.15) is 19.8 Å². The number of unbranched alkanes of at least 4 members (excludes halogenated alkanes) is 47. The van der Waals surface area contributed by atoms with E-state index in [4.69, 9.17) is 18.5 Å². The first-order chi connectivity index (χ1) is 41.5. The summed E-state index contributed by atoms with van der Waals surface area (Å²) in [7, 11) is 1.17. The zero-order valence-electron chi connectivity index (χ0n) is 57.1. The molecule has 500 valence electrons. The summed E-state index contributed by atoms with van der Waals surface area (Å²) >= 11 is 0. The molecule has 0 spiro atoms. The highest BCUT2D eigenvalue weighted by molar-refractivity contribution is 7.45. The lowest BCUT2D eigenvalue weighted by Gasteiger charge is -2.28. The number of nitrogens with zero attached hydrogens (tertiary/aromatic N) is 1. The predicted octanol–water partition coefficient (Wildman–Crippen LogP) is 23.4. The Labute approximate surface area is 528 Å². The summed E-state index contributed by atoms with van der Waals surface area (Å²) in [5.74, 6) is -0.828. The molecular formula is C75H142NO8P. The van der Waals surface area contributed by atoms with Gasteiger partial charge < -0.3 is 27.9 Å². The molecule has 10 heteroatoms. The lowest BCUT2D eigenvalue weighted by molar-refractivity contribution is -0.870. The van der Waals surface area contributed by atoms with Crippen molar-refractivity contribution in [2.75, 3.05) is 47.5 Å². The van der Waals surface area contributed by atoms with Crippen LogP contribution in [0.4, 0.5) is 0 Å². The number of ether oxygens (including phenoxy) is 2. The van der Waals surface area contributed by atoms with Gasteiger partial charge in [-0.1, -0.05) is 351 Å². The van der Waals surface area contributed by atoms with Crippen LogP contribution in [-0.2, 0) is 32.7 Å². The van der Waals surface area contributed by atoms with Crippen LogP contribution in [-0.4, -0.2) is 70.0 Å². The molecule has 0 aliphatic carbocycles. The molecular weight excluding hydrogens is 1070 g/mol. The SMILES string of the molecule is CC/C=C\C/C=C\C/C=C\C/C=C\CCCCCCCCCCC(=O)OC(COC(=O)CCCCCCCCCCCCCCCCCCCCCCCCCCCCCCCCCCCCCCCCCC)COP(=O)([O-])OCC[N+](C)(C)C. The lowest BCUT2D eigenvalue weighted by atomic mass is 10.0. The summed E-state index contributed by atoms with van der Waals surface area (Å²) in [5.41, 5.74) is 0. The first-order valence-electron chi connectivity index (χ1n) is 36.8. The minimum absolute atomic E-state index is 0.0322. The van der Waals surface area contributed by atoms with Crippen molar-refractivity contribution in [1.29, 1.82) is 0 Å². The van der Waals surface area contributed by atoms with E-state index < -0.39 is 26.5 Å². The fraction of sp³-hybridized carbons (Fsp3) is 0.867. The smallest absolute Gasteiger partial charge is 0.306 e. The summed E-state index contributed by atoms with van der Waals surface area (Å²) in [5, 5.41) is 0. The van der Waals surface area contributed by atoms with E-state index in [1.54, 1.807) is 0 Å². The normalized spacial score (nSPS) is 13.3. The van der Waals surface area contributed by atoms with Gasteiger partial charge in [-0.15, -0.1) is 0 Å². The van der Waals surface area contributed by atoms with Crippen LogP contribution < -0.4 is 4.89 Å². The molecule has 0 fully saturated rings. The van der Waals surface area contributed by atoms with Gasteiger partial charge in [-0.2, -0.15) is 0 Å². The van der Waals surface area contributed by atoms with Crippen LogP contribution >= 0.6 is 7.82 Å². The molecule has 2 atom stereocenters. The molecule has 0 saturated carbocycles. The monoisotopic (exact) mass is 1220 g/mol. The third kappa shape index (κ3) is 70.9. The maximum atomic E-state index is 12.8. The van der Waals surface area contributed by atoms with E-state index in [1.807, 2.05) is 21.1 Å². The number of hydrogen-bond acceptors (Lipinski definition) is 8. The molecule has 0 aromatic rings. The van der Waals surface area contributed by atoms with Crippen LogP contribution in [0.1, 0.15) is 367 Å². The number of quaternary nitrogens is 1. The van der Waals surface area contributed by atoms with Gasteiger partial charge in [-0.05, 0) is 51.4 Å². The van der Waals surface area contributed by atoms with Gasteiger partial charge in [-0.3, -0.25) is 14.2 Å². The van der Waals surface area contributed by atoms with E-state index in [9.17, 15) is 19.0 Å². The molecule has 9 nitrogen and oxygen atoms in total. The summed E-state index contributed by atoms with van der Waals surface area (Å²) < 4.78 is 34.3. The standard InChI is InChI=1S/C75H142NO8P/c1-6-8-10-12-14-16-18-20-22-24-26-28-29-30-31-32-33-34-35-36-37-38-39-40-41-42-43-44-45-46-48-49-51-53-55-57-59-61-63-65-67-74(77)81-71-73(72-83-85(79,80)82-70-69-76(3,4)5)84-75(78)68-66-64-62-60-58-56-54-52-50-47-27-25-23-21-19-17-15-13-11-9-7-2/h9,11,15,17,21,23,27,47,73H,6-8,10,12-14,16,18-20,22,24-26,28-46,48-72H2,1-5H3/b11-9-,17-15-,23-21-,47-27-. The first-order valence-corrected chi connectivity index (χ1v) is 38.3. The Morgan fingerprint density at radius 3 is 1.00 bits per heavy atom. The van der Waals surface area contributed by atoms with Crippen molar-refractivity contribution in [3.05, 3.63) is 48.6 Å². The van der Waals surface area contributed by atoms with Gasteiger partial charge in [0.25, 0.3) is 7.82 Å². The molecule has 0 aliphatic rings. The largest absolute Gasteiger partial charge is 0.756 e. The fourth-order valence-electron chi connectivity index (χ4n) is 11.0. The number of rotatable bonds is 69. The Kier molecular flexibility index (Phi) is 64.8. The van der Waals surface area contributed by atoms with Crippen LogP contribution in [0.3, 0.4) is 0 Å².